The van der Waals surface area contributed by atoms with Crippen LogP contribution in [0.15, 0.2) is 18.5 Å². The zero-order valence-corrected chi connectivity index (χ0v) is 18.7. The van der Waals surface area contributed by atoms with Gasteiger partial charge in [0.05, 0.1) is 35.5 Å². The number of unbranched alkanes of at least 4 members (excludes halogenated alkanes) is 1. The molecule has 31 heavy (non-hydrogen) atoms. The lowest BCUT2D eigenvalue weighted by Crippen LogP contribution is -2.36. The first-order valence-electron chi connectivity index (χ1n) is 10.1. The van der Waals surface area contributed by atoms with Crippen LogP contribution in [-0.4, -0.2) is 63.9 Å². The normalized spacial score (nSPS) is 14.2. The molecule has 0 bridgehead atoms. The number of morpholine rings is 1. The summed E-state index contributed by atoms with van der Waals surface area (Å²) in [4.78, 5) is 33.9. The molecule has 0 amide bonds. The van der Waals surface area contributed by atoms with Crippen LogP contribution in [0.3, 0.4) is 0 Å². The lowest BCUT2D eigenvalue weighted by Gasteiger charge is -2.28. The summed E-state index contributed by atoms with van der Waals surface area (Å²) in [5, 5.41) is 9.33. The molecule has 0 atom stereocenters. The number of fused-ring (bicyclic) bond motifs is 1. The van der Waals surface area contributed by atoms with Crippen molar-refractivity contribution in [1.82, 2.24) is 19.9 Å². The Morgan fingerprint density at radius 1 is 1.29 bits per heavy atom. The Kier molecular flexibility index (Phi) is 6.79. The monoisotopic (exact) mass is 462 g/mol. The summed E-state index contributed by atoms with van der Waals surface area (Å²) in [6.45, 7) is 6.33. The number of carbonyl (C=O) groups is 1. The van der Waals surface area contributed by atoms with Crippen molar-refractivity contribution in [3.05, 3.63) is 34.2 Å². The minimum Gasteiger partial charge on any atom is -0.478 e. The maximum absolute atomic E-state index is 11.1. The number of anilines is 2. The highest BCUT2D eigenvalue weighted by molar-refractivity contribution is 7.19. The van der Waals surface area contributed by atoms with Crippen LogP contribution >= 0.6 is 22.9 Å². The summed E-state index contributed by atoms with van der Waals surface area (Å²) in [6.07, 6.45) is 4.69. The van der Waals surface area contributed by atoms with Crippen LogP contribution in [0.25, 0.3) is 10.2 Å². The maximum atomic E-state index is 11.1. The molecule has 1 N–H and O–H groups in total. The van der Waals surface area contributed by atoms with Gasteiger partial charge in [0.1, 0.15) is 0 Å². The zero-order valence-electron chi connectivity index (χ0n) is 17.1. The highest BCUT2D eigenvalue weighted by Crippen LogP contribution is 2.34. The Morgan fingerprint density at radius 2 is 2.03 bits per heavy atom. The molecule has 1 aliphatic rings. The maximum Gasteiger partial charge on any atom is 0.338 e. The average Bonchev–Trinajstić information content (AvgIpc) is 3.19. The van der Waals surface area contributed by atoms with Crippen LogP contribution in [0, 0.1) is 0 Å². The van der Waals surface area contributed by atoms with Crippen LogP contribution in [-0.2, 0) is 11.3 Å². The smallest absolute Gasteiger partial charge is 0.338 e. The molecule has 164 valence electrons. The predicted octanol–water partition coefficient (Wildman–Crippen LogP) is 3.48. The van der Waals surface area contributed by atoms with Gasteiger partial charge in [-0.2, -0.15) is 4.98 Å². The first-order chi connectivity index (χ1) is 15.0. The minimum absolute atomic E-state index is 0.0705. The van der Waals surface area contributed by atoms with Crippen LogP contribution in [0.4, 0.5) is 11.8 Å². The third kappa shape index (κ3) is 5.03. The van der Waals surface area contributed by atoms with Gasteiger partial charge in [0.2, 0.25) is 11.2 Å². The van der Waals surface area contributed by atoms with Gasteiger partial charge in [0.25, 0.3) is 0 Å². The molecule has 0 aromatic carbocycles. The number of aromatic nitrogens is 4. The van der Waals surface area contributed by atoms with Crippen LogP contribution in [0.1, 0.15) is 35.0 Å². The summed E-state index contributed by atoms with van der Waals surface area (Å²) < 4.78 is 6.46. The van der Waals surface area contributed by atoms with E-state index in [1.807, 2.05) is 6.07 Å². The molecule has 4 rings (SSSR count). The van der Waals surface area contributed by atoms with Crippen LogP contribution in [0.5, 0.6) is 0 Å². The van der Waals surface area contributed by atoms with Crippen molar-refractivity contribution in [1.29, 1.82) is 0 Å². The summed E-state index contributed by atoms with van der Waals surface area (Å²) >= 11 is 7.84. The molecule has 3 aromatic heterocycles. The largest absolute Gasteiger partial charge is 0.478 e. The first kappa shape index (κ1) is 21.7. The molecular weight excluding hydrogens is 440 g/mol. The van der Waals surface area contributed by atoms with Gasteiger partial charge >= 0.3 is 5.97 Å². The average molecular weight is 463 g/mol. The van der Waals surface area contributed by atoms with Crippen molar-refractivity contribution >= 4 is 50.9 Å². The molecule has 0 spiro atoms. The molecule has 1 aliphatic heterocycles. The molecule has 9 nitrogen and oxygen atoms in total. The van der Waals surface area contributed by atoms with E-state index in [9.17, 15) is 4.79 Å². The number of ether oxygens (including phenoxy) is 1. The first-order valence-corrected chi connectivity index (χ1v) is 11.3. The van der Waals surface area contributed by atoms with Gasteiger partial charge in [0.15, 0.2) is 5.82 Å². The molecule has 0 aliphatic carbocycles. The van der Waals surface area contributed by atoms with E-state index in [1.165, 1.54) is 12.4 Å². The third-order valence-corrected chi connectivity index (χ3v) is 6.26. The SMILES string of the molecule is CCCCN(Cc1cc2nc(Cl)nc(N3CCOCC3)c2s1)c1ncc(C(=O)O)cn1. The number of aromatic carboxylic acids is 1. The highest BCUT2D eigenvalue weighted by Gasteiger charge is 2.20. The summed E-state index contributed by atoms with van der Waals surface area (Å²) in [6, 6.07) is 2.03. The fraction of sp³-hybridized carbons (Fsp3) is 0.450. The predicted molar refractivity (Wildman–Crippen MR) is 120 cm³/mol. The number of halogens is 1. The number of rotatable bonds is 8. The van der Waals surface area contributed by atoms with Gasteiger partial charge in [-0.1, -0.05) is 13.3 Å². The Hall–Kier alpha value is -2.56. The van der Waals surface area contributed by atoms with Crippen molar-refractivity contribution in [3.8, 4) is 0 Å². The second-order valence-electron chi connectivity index (χ2n) is 7.19. The Labute approximate surface area is 188 Å². The molecule has 0 unspecified atom stereocenters. The van der Waals surface area contributed by atoms with Gasteiger partial charge in [-0.25, -0.2) is 19.7 Å². The number of nitrogens with zero attached hydrogens (tertiary/aromatic N) is 6. The highest BCUT2D eigenvalue weighted by atomic mass is 35.5. The molecule has 1 saturated heterocycles. The number of carboxylic acids is 1. The fourth-order valence-electron chi connectivity index (χ4n) is 3.39. The third-order valence-electron chi connectivity index (χ3n) is 4.98. The van der Waals surface area contributed by atoms with Gasteiger partial charge in [0, 0.05) is 36.9 Å². The topological polar surface area (TPSA) is 105 Å². The van der Waals surface area contributed by atoms with Crippen molar-refractivity contribution in [3.63, 3.8) is 0 Å². The molecule has 0 radical (unpaired) electrons. The number of hydrogen-bond acceptors (Lipinski definition) is 9. The molecule has 1 fully saturated rings. The summed E-state index contributed by atoms with van der Waals surface area (Å²) in [5.41, 5.74) is 0.889. The molecule has 0 saturated carbocycles. The van der Waals surface area contributed by atoms with Crippen LogP contribution < -0.4 is 9.80 Å². The van der Waals surface area contributed by atoms with Crippen molar-refractivity contribution < 1.29 is 14.6 Å². The van der Waals surface area contributed by atoms with Gasteiger partial charge in [-0.05, 0) is 24.1 Å². The van der Waals surface area contributed by atoms with E-state index in [0.29, 0.717) is 25.7 Å². The summed E-state index contributed by atoms with van der Waals surface area (Å²) in [7, 11) is 0. The Bertz CT molecular complexity index is 1050. The second kappa shape index (κ2) is 9.71. The number of thiophene rings is 1. The lowest BCUT2D eigenvalue weighted by molar-refractivity contribution is 0.0696. The van der Waals surface area contributed by atoms with Gasteiger partial charge in [-0.3, -0.25) is 0 Å². The molecule has 3 aromatic rings. The number of hydrogen-bond donors (Lipinski definition) is 1. The molecule has 11 heteroatoms. The van der Waals surface area contributed by atoms with Crippen molar-refractivity contribution in [2.45, 2.75) is 26.3 Å². The van der Waals surface area contributed by atoms with Crippen LogP contribution in [0.2, 0.25) is 5.28 Å². The van der Waals surface area contributed by atoms with Gasteiger partial charge < -0.3 is 19.6 Å². The Morgan fingerprint density at radius 3 is 2.71 bits per heavy atom. The van der Waals surface area contributed by atoms with Crippen molar-refractivity contribution in [2.24, 2.45) is 0 Å². The molecule has 4 heterocycles. The number of carboxylic acid groups (broad SMARTS) is 1. The van der Waals surface area contributed by atoms with E-state index >= 15 is 0 Å². The zero-order chi connectivity index (χ0) is 21.8. The van der Waals surface area contributed by atoms with E-state index < -0.39 is 5.97 Å². The van der Waals surface area contributed by atoms with Crippen molar-refractivity contribution in [2.75, 3.05) is 42.6 Å². The fourth-order valence-corrected chi connectivity index (χ4v) is 4.69. The van der Waals surface area contributed by atoms with E-state index in [4.69, 9.17) is 21.4 Å². The quantitative estimate of drug-likeness (QED) is 0.503. The second-order valence-corrected chi connectivity index (χ2v) is 8.67. The standard InChI is InChI=1S/C20H23ClN6O3S/c1-2-3-4-27(20-22-10-13(11-23-20)18(28)29)12-14-9-15-16(31-14)17(25-19(21)24-15)26-5-7-30-8-6-26/h9-11H,2-8,12H2,1H3,(H,28,29). The Balaban J connectivity index is 1.63. The van der Waals surface area contributed by atoms with E-state index in [-0.39, 0.29) is 10.8 Å². The van der Waals surface area contributed by atoms with E-state index in [0.717, 1.165) is 53.4 Å². The molecular formula is C20H23ClN6O3S. The van der Waals surface area contributed by atoms with E-state index in [2.05, 4.69) is 36.7 Å². The van der Waals surface area contributed by atoms with E-state index in [1.54, 1.807) is 11.3 Å². The summed E-state index contributed by atoms with van der Waals surface area (Å²) in [5.74, 6) is 0.312. The lowest BCUT2D eigenvalue weighted by atomic mass is 10.3. The van der Waals surface area contributed by atoms with Gasteiger partial charge in [-0.15, -0.1) is 11.3 Å². The minimum atomic E-state index is -1.04.